The molecule has 0 unspecified atom stereocenters. The molecule has 1 heterocycles. The van der Waals surface area contributed by atoms with Gasteiger partial charge in [-0.15, -0.1) is 11.6 Å². The Balaban J connectivity index is 2.46. The molecular formula is C14H18ClN3. The lowest BCUT2D eigenvalue weighted by molar-refractivity contribution is 0.574. The summed E-state index contributed by atoms with van der Waals surface area (Å²) in [4.78, 5) is 7.67. The number of hydrogen-bond donors (Lipinski definition) is 2. The maximum absolute atomic E-state index is 5.63. The summed E-state index contributed by atoms with van der Waals surface area (Å²) in [6, 6.07) is 8.13. The molecule has 1 aromatic carbocycles. The third-order valence-electron chi connectivity index (χ3n) is 2.82. The van der Waals surface area contributed by atoms with E-state index in [1.807, 2.05) is 18.2 Å². The standard InChI is InChI=1S/C14H18ClN3/c1-14(2,3)12-7-9-6-10(17-13(16)8-15)4-5-11(9)18-12/h4-7,18H,8H2,1-3H3,(H2,16,17). The van der Waals surface area contributed by atoms with Crippen molar-refractivity contribution in [3.05, 3.63) is 30.0 Å². The zero-order valence-electron chi connectivity index (χ0n) is 10.9. The molecule has 2 aromatic rings. The van der Waals surface area contributed by atoms with E-state index in [-0.39, 0.29) is 11.3 Å². The smallest absolute Gasteiger partial charge is 0.115 e. The first kappa shape index (κ1) is 13.0. The molecule has 96 valence electrons. The number of nitrogens with zero attached hydrogens (tertiary/aromatic N) is 1. The molecule has 0 atom stereocenters. The van der Waals surface area contributed by atoms with E-state index in [0.717, 1.165) is 16.6 Å². The van der Waals surface area contributed by atoms with Crippen molar-refractivity contribution in [2.45, 2.75) is 26.2 Å². The first-order valence-electron chi connectivity index (χ1n) is 5.92. The number of aromatic amines is 1. The molecule has 18 heavy (non-hydrogen) atoms. The van der Waals surface area contributed by atoms with Crippen molar-refractivity contribution in [1.82, 2.24) is 4.98 Å². The van der Waals surface area contributed by atoms with E-state index in [9.17, 15) is 0 Å². The van der Waals surface area contributed by atoms with Crippen LogP contribution in [0, 0.1) is 0 Å². The first-order chi connectivity index (χ1) is 8.40. The molecule has 0 fully saturated rings. The summed E-state index contributed by atoms with van der Waals surface area (Å²) in [6.07, 6.45) is 0. The second-order valence-electron chi connectivity index (χ2n) is 5.44. The van der Waals surface area contributed by atoms with Crippen molar-refractivity contribution in [1.29, 1.82) is 0 Å². The van der Waals surface area contributed by atoms with Gasteiger partial charge in [-0.25, -0.2) is 4.99 Å². The fourth-order valence-electron chi connectivity index (χ4n) is 1.79. The van der Waals surface area contributed by atoms with Crippen molar-refractivity contribution < 1.29 is 0 Å². The summed E-state index contributed by atoms with van der Waals surface area (Å²) in [6.45, 7) is 6.55. The number of H-pyrrole nitrogens is 1. The molecule has 0 bridgehead atoms. The minimum absolute atomic E-state index is 0.109. The number of halogens is 1. The van der Waals surface area contributed by atoms with Crippen LogP contribution in [0.1, 0.15) is 26.5 Å². The number of hydrogen-bond acceptors (Lipinski definition) is 1. The highest BCUT2D eigenvalue weighted by molar-refractivity contribution is 6.28. The number of rotatable bonds is 2. The molecule has 0 spiro atoms. The van der Waals surface area contributed by atoms with Gasteiger partial charge in [-0.3, -0.25) is 0 Å². The Morgan fingerprint density at radius 1 is 1.33 bits per heavy atom. The predicted molar refractivity (Wildman–Crippen MR) is 79.0 cm³/mol. The fourth-order valence-corrected chi connectivity index (χ4v) is 1.85. The summed E-state index contributed by atoms with van der Waals surface area (Å²) in [5.41, 5.74) is 8.90. The fraction of sp³-hybridized carbons (Fsp3) is 0.357. The molecule has 0 saturated carbocycles. The van der Waals surface area contributed by atoms with E-state index in [4.69, 9.17) is 17.3 Å². The van der Waals surface area contributed by atoms with Gasteiger partial charge in [0.2, 0.25) is 0 Å². The molecule has 0 amide bonds. The SMILES string of the molecule is CC(C)(C)c1cc2cc(N=C(N)CCl)ccc2[nH]1. The molecule has 2 rings (SSSR count). The largest absolute Gasteiger partial charge is 0.386 e. The first-order valence-corrected chi connectivity index (χ1v) is 6.46. The van der Waals surface area contributed by atoms with Gasteiger partial charge in [-0.1, -0.05) is 20.8 Å². The Morgan fingerprint density at radius 2 is 2.06 bits per heavy atom. The molecule has 0 radical (unpaired) electrons. The molecule has 0 aliphatic carbocycles. The third-order valence-corrected chi connectivity index (χ3v) is 3.10. The summed E-state index contributed by atoms with van der Waals surface area (Å²) < 4.78 is 0. The van der Waals surface area contributed by atoms with Crippen molar-refractivity contribution >= 4 is 34.0 Å². The second-order valence-corrected chi connectivity index (χ2v) is 5.71. The van der Waals surface area contributed by atoms with E-state index in [0.29, 0.717) is 5.84 Å². The Bertz CT molecular complexity index is 591. The highest BCUT2D eigenvalue weighted by Crippen LogP contribution is 2.28. The van der Waals surface area contributed by atoms with Crippen LogP contribution in [-0.4, -0.2) is 16.7 Å². The van der Waals surface area contributed by atoms with E-state index in [1.165, 1.54) is 5.69 Å². The molecule has 0 aliphatic heterocycles. The van der Waals surface area contributed by atoms with Crippen LogP contribution in [0.25, 0.3) is 10.9 Å². The van der Waals surface area contributed by atoms with Gasteiger partial charge in [-0.2, -0.15) is 0 Å². The monoisotopic (exact) mass is 263 g/mol. The lowest BCUT2D eigenvalue weighted by Gasteiger charge is -2.15. The number of aliphatic imine (C=N–C) groups is 1. The average Bonchev–Trinajstić information content (AvgIpc) is 2.71. The minimum Gasteiger partial charge on any atom is -0.386 e. The highest BCUT2D eigenvalue weighted by Gasteiger charge is 2.16. The van der Waals surface area contributed by atoms with Crippen molar-refractivity contribution in [3.63, 3.8) is 0 Å². The van der Waals surface area contributed by atoms with Gasteiger partial charge in [0.25, 0.3) is 0 Å². The molecule has 0 aliphatic rings. The number of fused-ring (bicyclic) bond motifs is 1. The lowest BCUT2D eigenvalue weighted by atomic mass is 9.92. The zero-order chi connectivity index (χ0) is 13.3. The van der Waals surface area contributed by atoms with Crippen molar-refractivity contribution in [2.24, 2.45) is 10.7 Å². The molecule has 1 aromatic heterocycles. The predicted octanol–water partition coefficient (Wildman–Crippen LogP) is 3.69. The van der Waals surface area contributed by atoms with Crippen LogP contribution >= 0.6 is 11.6 Å². The van der Waals surface area contributed by atoms with Gasteiger partial charge < -0.3 is 10.7 Å². The van der Waals surface area contributed by atoms with E-state index >= 15 is 0 Å². The van der Waals surface area contributed by atoms with Crippen LogP contribution in [0.4, 0.5) is 5.69 Å². The van der Waals surface area contributed by atoms with Gasteiger partial charge in [0.05, 0.1) is 11.6 Å². The normalized spacial score (nSPS) is 13.2. The summed E-state index contributed by atoms with van der Waals surface area (Å²) in [7, 11) is 0. The topological polar surface area (TPSA) is 54.2 Å². The number of aromatic nitrogens is 1. The zero-order valence-corrected chi connectivity index (χ0v) is 11.7. The summed E-state index contributed by atoms with van der Waals surface area (Å²) in [5.74, 6) is 0.681. The van der Waals surface area contributed by atoms with E-state index < -0.39 is 0 Å². The van der Waals surface area contributed by atoms with Gasteiger partial charge in [-0.05, 0) is 24.3 Å². The summed E-state index contributed by atoms with van der Waals surface area (Å²) in [5, 5.41) is 1.14. The van der Waals surface area contributed by atoms with Crippen molar-refractivity contribution in [2.75, 3.05) is 5.88 Å². The van der Waals surface area contributed by atoms with Crippen LogP contribution < -0.4 is 5.73 Å². The highest BCUT2D eigenvalue weighted by atomic mass is 35.5. The molecule has 3 nitrogen and oxygen atoms in total. The van der Waals surface area contributed by atoms with Crippen LogP contribution in [-0.2, 0) is 5.41 Å². The van der Waals surface area contributed by atoms with Gasteiger partial charge in [0, 0.05) is 22.0 Å². The number of nitrogens with two attached hydrogens (primary N) is 1. The van der Waals surface area contributed by atoms with Gasteiger partial charge in [0.15, 0.2) is 0 Å². The van der Waals surface area contributed by atoms with Gasteiger partial charge >= 0.3 is 0 Å². The Hall–Kier alpha value is -1.48. The van der Waals surface area contributed by atoms with Crippen LogP contribution in [0.3, 0.4) is 0 Å². The minimum atomic E-state index is 0.109. The average molecular weight is 264 g/mol. The van der Waals surface area contributed by atoms with E-state index in [1.54, 1.807) is 0 Å². The maximum atomic E-state index is 5.63. The van der Waals surface area contributed by atoms with E-state index in [2.05, 4.69) is 36.8 Å². The number of amidine groups is 1. The summed E-state index contributed by atoms with van der Waals surface area (Å²) >= 11 is 5.62. The molecule has 4 heteroatoms. The Kier molecular flexibility index (Phi) is 3.35. The van der Waals surface area contributed by atoms with Crippen molar-refractivity contribution in [3.8, 4) is 0 Å². The van der Waals surface area contributed by atoms with Gasteiger partial charge in [0.1, 0.15) is 5.84 Å². The lowest BCUT2D eigenvalue weighted by Crippen LogP contribution is -2.12. The number of nitrogens with one attached hydrogen (secondary N) is 1. The second kappa shape index (κ2) is 4.65. The Morgan fingerprint density at radius 3 is 2.67 bits per heavy atom. The van der Waals surface area contributed by atoms with Crippen LogP contribution in [0.5, 0.6) is 0 Å². The number of alkyl halides is 1. The molecular weight excluding hydrogens is 246 g/mol. The number of benzene rings is 1. The van der Waals surface area contributed by atoms with Crippen LogP contribution in [0.2, 0.25) is 0 Å². The molecule has 0 saturated heterocycles. The quantitative estimate of drug-likeness (QED) is 0.485. The maximum Gasteiger partial charge on any atom is 0.115 e. The van der Waals surface area contributed by atoms with Crippen LogP contribution in [0.15, 0.2) is 29.3 Å². The third kappa shape index (κ3) is 2.67. The Labute approximate surface area is 112 Å². The molecule has 3 N–H and O–H groups in total.